The molecular formula is C42H30N2. The van der Waals surface area contributed by atoms with Gasteiger partial charge in [0.1, 0.15) is 5.82 Å². The predicted octanol–water partition coefficient (Wildman–Crippen LogP) is 11.0. The average Bonchev–Trinajstić information content (AvgIpc) is 3.73. The van der Waals surface area contributed by atoms with E-state index in [1.54, 1.807) is 66.9 Å². The number of hydrogen-bond donors (Lipinski definition) is 0. The first kappa shape index (κ1) is 14.3. The second kappa shape index (κ2) is 9.26. The van der Waals surface area contributed by atoms with Gasteiger partial charge >= 0.3 is 0 Å². The summed E-state index contributed by atoms with van der Waals surface area (Å²) < 4.78 is 139. The predicted molar refractivity (Wildman–Crippen MR) is 185 cm³/mol. The molecule has 2 nitrogen and oxygen atoms in total. The van der Waals surface area contributed by atoms with Crippen LogP contribution in [0.3, 0.4) is 0 Å². The molecule has 0 saturated heterocycles. The Hall–Kier alpha value is -5.47. The van der Waals surface area contributed by atoms with Crippen LogP contribution in [0.5, 0.6) is 0 Å². The SMILES string of the molecule is [2H]c1c([2H])c([2H])c2c(c1[2H])-c1c([2H])c([2H])c(-c3c4c([2H])c([2H])c([2H])c([2H])c4c(-n4c(-c5ccccc5)nc5ccccc54)c4c([2H])c([2H])c([2H])c([2H])c34)c([2H])c1C2(C)C. The molecule has 1 aromatic heterocycles. The standard InChI is InChI=1S/C42H30N2/c1-42(2)35-21-11-10-16-29(35)30-25-24-28(26-36(30)42)39-31-17-6-8-19-33(31)40(34-20-9-7-18-32(34)39)44-38-23-13-12-22-37(38)43-41(44)27-14-4-3-5-15-27/h3-26H,1-2H3/i6D,7D,8D,9D,10D,11D,16D,17D,18D,19D,20D,21D,24D,25D,26D. The van der Waals surface area contributed by atoms with Crippen LogP contribution in [-0.2, 0) is 5.41 Å². The van der Waals surface area contributed by atoms with E-state index in [9.17, 15) is 9.60 Å². The zero-order valence-electron chi connectivity index (χ0n) is 38.6. The number of para-hydroxylation sites is 2. The third-order valence-electron chi connectivity index (χ3n) is 8.41. The second-order valence-electron chi connectivity index (χ2n) is 11.2. The fourth-order valence-corrected chi connectivity index (χ4v) is 6.39. The van der Waals surface area contributed by atoms with E-state index >= 15 is 0 Å². The van der Waals surface area contributed by atoms with Crippen LogP contribution in [0.25, 0.3) is 71.9 Å². The molecule has 0 amide bonds. The molecule has 0 bridgehead atoms. The van der Waals surface area contributed by atoms with Gasteiger partial charge in [-0.25, -0.2) is 4.98 Å². The number of fused-ring (bicyclic) bond motifs is 6. The minimum atomic E-state index is -1.36. The Morgan fingerprint density at radius 2 is 1.20 bits per heavy atom. The van der Waals surface area contributed by atoms with Gasteiger partial charge in [0, 0.05) is 21.8 Å². The Morgan fingerprint density at radius 1 is 0.591 bits per heavy atom. The molecule has 44 heavy (non-hydrogen) atoms. The molecule has 0 unspecified atom stereocenters. The van der Waals surface area contributed by atoms with Crippen LogP contribution in [0.1, 0.15) is 45.5 Å². The van der Waals surface area contributed by atoms with Crippen LogP contribution in [0.4, 0.5) is 0 Å². The molecule has 1 aliphatic carbocycles. The normalized spacial score (nSPS) is 18.2. The summed E-state index contributed by atoms with van der Waals surface area (Å²) in [6, 6.07) is 7.44. The van der Waals surface area contributed by atoms with Gasteiger partial charge in [-0.05, 0) is 62.3 Å². The lowest BCUT2D eigenvalue weighted by atomic mass is 9.81. The van der Waals surface area contributed by atoms with E-state index in [1.807, 2.05) is 6.07 Å². The van der Waals surface area contributed by atoms with Gasteiger partial charge in [-0.1, -0.05) is 141 Å². The van der Waals surface area contributed by atoms with Crippen LogP contribution in [0, 0.1) is 0 Å². The molecule has 7 aromatic carbocycles. The summed E-state index contributed by atoms with van der Waals surface area (Å²) in [5.41, 5.74) is -0.421. The number of nitrogens with zero attached hydrogens (tertiary/aromatic N) is 2. The van der Waals surface area contributed by atoms with E-state index in [0.717, 1.165) is 0 Å². The summed E-state index contributed by atoms with van der Waals surface area (Å²) in [6.07, 6.45) is 0. The minimum Gasteiger partial charge on any atom is -0.291 e. The van der Waals surface area contributed by atoms with Crippen molar-refractivity contribution in [1.82, 2.24) is 9.55 Å². The maximum absolute atomic E-state index is 9.90. The fourth-order valence-electron chi connectivity index (χ4n) is 6.39. The molecule has 0 saturated carbocycles. The van der Waals surface area contributed by atoms with Gasteiger partial charge in [0.25, 0.3) is 0 Å². The quantitative estimate of drug-likeness (QED) is 0.191. The maximum Gasteiger partial charge on any atom is 0.145 e. The number of benzene rings is 7. The minimum absolute atomic E-state index is 0.0242. The summed E-state index contributed by atoms with van der Waals surface area (Å²) in [5.74, 6) is 0.301. The molecule has 2 heteroatoms. The molecule has 0 spiro atoms. The zero-order valence-corrected chi connectivity index (χ0v) is 23.6. The fraction of sp³-hybridized carbons (Fsp3) is 0.0714. The van der Waals surface area contributed by atoms with E-state index in [4.69, 9.17) is 16.0 Å². The summed E-state index contributed by atoms with van der Waals surface area (Å²) >= 11 is 0. The van der Waals surface area contributed by atoms with Crippen LogP contribution in [0.2, 0.25) is 0 Å². The number of aromatic nitrogens is 2. The van der Waals surface area contributed by atoms with Crippen LogP contribution < -0.4 is 0 Å². The summed E-state index contributed by atoms with van der Waals surface area (Å²) in [5, 5.41) is -0.896. The lowest BCUT2D eigenvalue weighted by molar-refractivity contribution is 0.660. The highest BCUT2D eigenvalue weighted by Gasteiger charge is 2.35. The summed E-state index contributed by atoms with van der Waals surface area (Å²) in [7, 11) is 0. The molecule has 9 rings (SSSR count). The van der Waals surface area contributed by atoms with Gasteiger partial charge < -0.3 is 0 Å². The van der Waals surface area contributed by atoms with Crippen LogP contribution in [-0.4, -0.2) is 9.55 Å². The van der Waals surface area contributed by atoms with Crippen LogP contribution in [0.15, 0.2) is 145 Å². The molecule has 8 aromatic rings. The van der Waals surface area contributed by atoms with Crippen molar-refractivity contribution >= 4 is 32.6 Å². The van der Waals surface area contributed by atoms with E-state index in [-0.39, 0.29) is 66.7 Å². The average molecular weight is 578 g/mol. The Bertz CT molecular complexity index is 3160. The van der Waals surface area contributed by atoms with Crippen molar-refractivity contribution in [2.24, 2.45) is 0 Å². The Labute approximate surface area is 278 Å². The molecule has 0 N–H and O–H groups in total. The van der Waals surface area contributed by atoms with Gasteiger partial charge in [-0.15, -0.1) is 0 Å². The lowest BCUT2D eigenvalue weighted by Crippen LogP contribution is -2.14. The van der Waals surface area contributed by atoms with Crippen molar-refractivity contribution in [3.05, 3.63) is 156 Å². The van der Waals surface area contributed by atoms with Gasteiger partial charge in [-0.3, -0.25) is 4.57 Å². The van der Waals surface area contributed by atoms with Gasteiger partial charge in [0.2, 0.25) is 0 Å². The van der Waals surface area contributed by atoms with E-state index in [2.05, 4.69) is 0 Å². The zero-order chi connectivity index (χ0) is 42.5. The van der Waals surface area contributed by atoms with Gasteiger partial charge in [0.15, 0.2) is 0 Å². The van der Waals surface area contributed by atoms with Crippen molar-refractivity contribution in [3.8, 4) is 39.3 Å². The van der Waals surface area contributed by atoms with Crippen molar-refractivity contribution in [1.29, 1.82) is 0 Å². The molecule has 0 aliphatic heterocycles. The molecule has 208 valence electrons. The molecule has 1 aliphatic rings. The third-order valence-corrected chi connectivity index (χ3v) is 8.41. The highest BCUT2D eigenvalue weighted by Crippen LogP contribution is 2.51. The van der Waals surface area contributed by atoms with Gasteiger partial charge in [-0.2, -0.15) is 0 Å². The topological polar surface area (TPSA) is 17.8 Å². The van der Waals surface area contributed by atoms with Crippen molar-refractivity contribution < 1.29 is 20.6 Å². The first-order valence-electron chi connectivity index (χ1n) is 21.6. The molecule has 0 atom stereocenters. The molecule has 1 heterocycles. The van der Waals surface area contributed by atoms with E-state index in [1.165, 1.54) is 0 Å². The maximum atomic E-state index is 9.90. The first-order chi connectivity index (χ1) is 27.9. The molecule has 0 fully saturated rings. The Kier molecular flexibility index (Phi) is 3.02. The highest BCUT2D eigenvalue weighted by molar-refractivity contribution is 6.19. The Balaban J connectivity index is 1.59. The highest BCUT2D eigenvalue weighted by atomic mass is 15.1. The third kappa shape index (κ3) is 3.46. The number of rotatable bonds is 3. The van der Waals surface area contributed by atoms with Crippen molar-refractivity contribution in [2.75, 3.05) is 0 Å². The van der Waals surface area contributed by atoms with Crippen LogP contribution >= 0.6 is 0 Å². The van der Waals surface area contributed by atoms with E-state index in [0.29, 0.717) is 22.4 Å². The monoisotopic (exact) mass is 577 g/mol. The van der Waals surface area contributed by atoms with E-state index < -0.39 is 90.0 Å². The lowest BCUT2D eigenvalue weighted by Gasteiger charge is -2.23. The largest absolute Gasteiger partial charge is 0.291 e. The first-order valence-corrected chi connectivity index (χ1v) is 14.1. The number of imidazole rings is 1. The van der Waals surface area contributed by atoms with Crippen molar-refractivity contribution in [3.63, 3.8) is 0 Å². The second-order valence-corrected chi connectivity index (χ2v) is 11.2. The molecular weight excluding hydrogens is 532 g/mol. The number of hydrogen-bond acceptors (Lipinski definition) is 1. The Morgan fingerprint density at radius 3 is 1.95 bits per heavy atom. The molecule has 0 radical (unpaired) electrons. The smallest absolute Gasteiger partial charge is 0.145 e. The van der Waals surface area contributed by atoms with Crippen molar-refractivity contribution in [2.45, 2.75) is 19.3 Å². The summed E-state index contributed by atoms with van der Waals surface area (Å²) in [6.45, 7) is 3.27. The summed E-state index contributed by atoms with van der Waals surface area (Å²) in [4.78, 5) is 4.92. The van der Waals surface area contributed by atoms with Gasteiger partial charge in [0.05, 0.1) is 37.3 Å².